The van der Waals surface area contributed by atoms with Gasteiger partial charge in [-0.25, -0.2) is 0 Å². The van der Waals surface area contributed by atoms with Crippen LogP contribution in [-0.4, -0.2) is 13.2 Å². The Morgan fingerprint density at radius 3 is 1.56 bits per heavy atom. The molecule has 6 heteroatoms. The van der Waals surface area contributed by atoms with Gasteiger partial charge in [0.25, 0.3) is 0 Å². The van der Waals surface area contributed by atoms with E-state index in [2.05, 4.69) is 13.8 Å². The van der Waals surface area contributed by atoms with Crippen LogP contribution in [0.15, 0.2) is 0 Å². The number of rotatable bonds is 12. The quantitative estimate of drug-likeness (QED) is 0.434. The predicted octanol–water partition coefficient (Wildman–Crippen LogP) is 4.14. The van der Waals surface area contributed by atoms with Crippen LogP contribution in [-0.2, 0) is 20.9 Å². The maximum Gasteiger partial charge on any atom is 0.115 e. The summed E-state index contributed by atoms with van der Waals surface area (Å²) in [4.78, 5) is 11.6. The molecule has 112 valence electrons. The predicted molar refractivity (Wildman–Crippen MR) is 80.5 cm³/mol. The van der Waals surface area contributed by atoms with Crippen molar-refractivity contribution in [2.45, 2.75) is 65.2 Å². The summed E-state index contributed by atoms with van der Waals surface area (Å²) in [6.07, 6.45) is 8.75. The van der Waals surface area contributed by atoms with Gasteiger partial charge >= 0.3 is 0 Å². The van der Waals surface area contributed by atoms with Gasteiger partial charge in [0.15, 0.2) is 0 Å². The second-order valence-electron chi connectivity index (χ2n) is 4.23. The summed E-state index contributed by atoms with van der Waals surface area (Å²) in [5.41, 5.74) is 0. The third kappa shape index (κ3) is 14.6. The van der Waals surface area contributed by atoms with Gasteiger partial charge in [0, 0.05) is 0 Å². The highest BCUT2D eigenvalue weighted by atomic mass is 32.5. The first-order valence-corrected chi connectivity index (χ1v) is 9.28. The summed E-state index contributed by atoms with van der Waals surface area (Å²) in [7, 11) is 0. The second-order valence-corrected chi connectivity index (χ2v) is 6.99. The molecule has 0 unspecified atom stereocenters. The van der Waals surface area contributed by atoms with Crippen LogP contribution in [0.2, 0.25) is 0 Å². The zero-order valence-electron chi connectivity index (χ0n) is 12.2. The third-order valence-electron chi connectivity index (χ3n) is 2.49. The molecule has 0 aromatic rings. The van der Waals surface area contributed by atoms with Crippen molar-refractivity contribution in [1.82, 2.24) is 6.15 Å². The Labute approximate surface area is 117 Å². The van der Waals surface area contributed by atoms with E-state index in [1.54, 1.807) is 0 Å². The Hall–Kier alpha value is 0.490. The molecule has 0 aromatic heterocycles. The van der Waals surface area contributed by atoms with Gasteiger partial charge < -0.3 is 20.1 Å². The van der Waals surface area contributed by atoms with Crippen LogP contribution in [0.25, 0.3) is 0 Å². The Morgan fingerprint density at radius 2 is 1.22 bits per heavy atom. The lowest BCUT2D eigenvalue weighted by Gasteiger charge is -2.27. The van der Waals surface area contributed by atoms with Crippen molar-refractivity contribution in [1.29, 1.82) is 0 Å². The van der Waals surface area contributed by atoms with Gasteiger partial charge in [0.1, 0.15) is 6.72 Å². The van der Waals surface area contributed by atoms with Gasteiger partial charge in [-0.3, -0.25) is 0 Å². The molecule has 0 aliphatic heterocycles. The van der Waals surface area contributed by atoms with E-state index < -0.39 is 6.72 Å². The number of hydrogen-bond donors (Lipinski definition) is 1. The van der Waals surface area contributed by atoms with Crippen molar-refractivity contribution in [3.8, 4) is 0 Å². The summed E-state index contributed by atoms with van der Waals surface area (Å²) in [6.45, 7) is 2.00. The maximum absolute atomic E-state index is 11.6. The van der Waals surface area contributed by atoms with Crippen molar-refractivity contribution in [2.24, 2.45) is 0 Å². The molecule has 0 saturated heterocycles. The van der Waals surface area contributed by atoms with Gasteiger partial charge in [-0.15, -0.1) is 0 Å². The summed E-state index contributed by atoms with van der Waals surface area (Å²) >= 11 is 4.81. The van der Waals surface area contributed by atoms with Gasteiger partial charge in [0.2, 0.25) is 0 Å². The van der Waals surface area contributed by atoms with Crippen LogP contribution in [0.5, 0.6) is 0 Å². The minimum atomic E-state index is -3.21. The standard InChI is InChI=1S/C12H27O3PS.H3N/c1-3-5-7-9-11-14-16(13,17)15-12-10-8-6-4-2;/h3-12H2,1-2H3,(H,13,17);1H3. The third-order valence-corrected chi connectivity index (χ3v) is 4.12. The molecule has 0 spiro atoms. The molecule has 0 aliphatic carbocycles. The van der Waals surface area contributed by atoms with E-state index in [1.165, 1.54) is 25.7 Å². The zero-order valence-corrected chi connectivity index (χ0v) is 13.9. The minimum Gasteiger partial charge on any atom is -0.780 e. The average Bonchev–Trinajstić information content (AvgIpc) is 2.28. The lowest BCUT2D eigenvalue weighted by atomic mass is 10.2. The maximum atomic E-state index is 11.6. The SMILES string of the molecule is CCCCCCOP([O-])(=S)OCCCCCC.[NH4+]. The summed E-state index contributed by atoms with van der Waals surface area (Å²) in [6, 6.07) is 0. The Bertz CT molecular complexity index is 199. The number of hydrogen-bond acceptors (Lipinski definition) is 4. The summed E-state index contributed by atoms with van der Waals surface area (Å²) in [5, 5.41) is 0. The fraction of sp³-hybridized carbons (Fsp3) is 1.00. The number of unbranched alkanes of at least 4 members (excludes halogenated alkanes) is 6. The summed E-state index contributed by atoms with van der Waals surface area (Å²) in [5.74, 6) is 0. The molecule has 0 aromatic carbocycles. The van der Waals surface area contributed by atoms with E-state index in [1.807, 2.05) is 0 Å². The van der Waals surface area contributed by atoms with Gasteiger partial charge in [0.05, 0.1) is 13.2 Å². The van der Waals surface area contributed by atoms with Crippen LogP contribution in [0.3, 0.4) is 0 Å². The van der Waals surface area contributed by atoms with Crippen LogP contribution < -0.4 is 11.0 Å². The van der Waals surface area contributed by atoms with E-state index >= 15 is 0 Å². The largest absolute Gasteiger partial charge is 0.780 e. The molecule has 0 radical (unpaired) electrons. The molecule has 0 saturated carbocycles. The van der Waals surface area contributed by atoms with Gasteiger partial charge in [-0.1, -0.05) is 64.2 Å². The second kappa shape index (κ2) is 13.9. The first-order valence-electron chi connectivity index (χ1n) is 6.72. The van der Waals surface area contributed by atoms with Crippen molar-refractivity contribution in [3.63, 3.8) is 0 Å². The molecule has 4 N–H and O–H groups in total. The van der Waals surface area contributed by atoms with E-state index in [9.17, 15) is 4.89 Å². The van der Waals surface area contributed by atoms with Crippen LogP contribution >= 0.6 is 6.72 Å². The van der Waals surface area contributed by atoms with E-state index in [4.69, 9.17) is 20.9 Å². The summed E-state index contributed by atoms with van der Waals surface area (Å²) < 4.78 is 10.3. The molecular weight excluding hydrogens is 269 g/mol. The van der Waals surface area contributed by atoms with Crippen molar-refractivity contribution in [3.05, 3.63) is 0 Å². The lowest BCUT2D eigenvalue weighted by molar-refractivity contribution is -0.206. The van der Waals surface area contributed by atoms with Gasteiger partial charge in [-0.2, -0.15) is 0 Å². The van der Waals surface area contributed by atoms with Crippen LogP contribution in [0.4, 0.5) is 0 Å². The molecule has 0 aliphatic rings. The first-order chi connectivity index (χ1) is 8.12. The van der Waals surface area contributed by atoms with Crippen molar-refractivity contribution < 1.29 is 13.9 Å². The molecular formula is C12H30NO3PS. The highest BCUT2D eigenvalue weighted by Gasteiger charge is 2.03. The lowest BCUT2D eigenvalue weighted by Crippen LogP contribution is -2.09. The molecule has 0 fully saturated rings. The molecule has 0 rings (SSSR count). The highest BCUT2D eigenvalue weighted by molar-refractivity contribution is 8.06. The number of quaternary nitrogens is 1. The van der Waals surface area contributed by atoms with E-state index in [-0.39, 0.29) is 6.15 Å². The topological polar surface area (TPSA) is 78.0 Å². The van der Waals surface area contributed by atoms with Crippen molar-refractivity contribution >= 4 is 18.5 Å². The molecule has 0 amide bonds. The minimum absolute atomic E-state index is 0. The normalized spacial score (nSPS) is 11.3. The Balaban J connectivity index is 0. The van der Waals surface area contributed by atoms with Crippen LogP contribution in [0.1, 0.15) is 65.2 Å². The van der Waals surface area contributed by atoms with E-state index in [0.717, 1.165) is 25.7 Å². The fourth-order valence-electron chi connectivity index (χ4n) is 1.45. The average molecular weight is 299 g/mol. The van der Waals surface area contributed by atoms with E-state index in [0.29, 0.717) is 13.2 Å². The molecule has 0 atom stereocenters. The highest BCUT2D eigenvalue weighted by Crippen LogP contribution is 2.39. The van der Waals surface area contributed by atoms with Gasteiger partial charge in [-0.05, 0) is 12.8 Å². The Kier molecular flexibility index (Phi) is 16.1. The molecule has 0 bridgehead atoms. The Morgan fingerprint density at radius 1 is 0.833 bits per heavy atom. The molecule has 18 heavy (non-hydrogen) atoms. The first kappa shape index (κ1) is 20.8. The smallest absolute Gasteiger partial charge is 0.115 e. The van der Waals surface area contributed by atoms with Crippen molar-refractivity contribution in [2.75, 3.05) is 13.2 Å². The monoisotopic (exact) mass is 299 g/mol. The fourth-order valence-corrected chi connectivity index (χ4v) is 2.67. The van der Waals surface area contributed by atoms with Crippen LogP contribution in [0, 0.1) is 0 Å². The molecule has 0 heterocycles. The molecule has 4 nitrogen and oxygen atoms in total. The zero-order chi connectivity index (χ0) is 13.0.